The highest BCUT2D eigenvalue weighted by Gasteiger charge is 1.98. The molecule has 0 radical (unpaired) electrons. The van der Waals surface area contributed by atoms with Crippen molar-refractivity contribution in [1.29, 1.82) is 0 Å². The summed E-state index contributed by atoms with van der Waals surface area (Å²) < 4.78 is 5.77. The largest absolute Gasteiger partial charge is 0.457 e. The van der Waals surface area contributed by atoms with Crippen LogP contribution in [-0.2, 0) is 0 Å². The molecule has 1 aromatic heterocycles. The predicted molar refractivity (Wildman–Crippen MR) is 67.0 cm³/mol. The Kier molecular flexibility index (Phi) is 2.35. The molecule has 16 heavy (non-hydrogen) atoms. The molecule has 1 nitrogen and oxygen atoms in total. The fourth-order valence-corrected chi connectivity index (χ4v) is 2.21. The van der Waals surface area contributed by atoms with Crippen LogP contribution in [0.15, 0.2) is 51.6 Å². The van der Waals surface area contributed by atoms with E-state index >= 15 is 0 Å². The molecule has 0 N–H and O–H groups in total. The Morgan fingerprint density at radius 2 is 1.31 bits per heavy atom. The van der Waals surface area contributed by atoms with Crippen molar-refractivity contribution in [3.8, 4) is 0 Å². The molecule has 0 atom stereocenters. The minimum absolute atomic E-state index is 0.882. The maximum Gasteiger partial charge on any atom is 0.128 e. The Morgan fingerprint density at radius 3 is 1.88 bits per heavy atom. The second kappa shape index (κ2) is 3.99. The molecule has 3 rings (SSSR count). The molecule has 1 aliphatic heterocycles. The highest BCUT2D eigenvalue weighted by atomic mass is 32.1. The third-order valence-electron chi connectivity index (χ3n) is 2.45. The van der Waals surface area contributed by atoms with Gasteiger partial charge in [-0.3, -0.25) is 0 Å². The van der Waals surface area contributed by atoms with Crippen LogP contribution in [0.5, 0.6) is 0 Å². The van der Waals surface area contributed by atoms with E-state index in [-0.39, 0.29) is 0 Å². The lowest BCUT2D eigenvalue weighted by Crippen LogP contribution is -2.05. The normalized spacial score (nSPS) is 11.5. The lowest BCUT2D eigenvalue weighted by Gasteiger charge is -1.96. The van der Waals surface area contributed by atoms with Gasteiger partial charge in [-0.25, -0.2) is 0 Å². The standard InChI is InChI=1S/C14H10OS/c1-2-4-12-10-14-6-8-16-7-5-13(15-14)9-11(12)3-1/h1-10H. The number of hydrogen-bond donors (Lipinski definition) is 0. The van der Waals surface area contributed by atoms with Gasteiger partial charge in [0.1, 0.15) is 10.8 Å². The van der Waals surface area contributed by atoms with Crippen LogP contribution in [0, 0.1) is 0 Å². The first-order valence-electron chi connectivity index (χ1n) is 5.11. The van der Waals surface area contributed by atoms with Crippen molar-refractivity contribution in [2.45, 2.75) is 0 Å². The van der Waals surface area contributed by atoms with Gasteiger partial charge in [-0.05, 0) is 46.2 Å². The summed E-state index contributed by atoms with van der Waals surface area (Å²) >= 11 is 1.65. The number of hydrogen-bond acceptors (Lipinski definition) is 2. The molecule has 2 heteroatoms. The average molecular weight is 226 g/mol. The Morgan fingerprint density at radius 1 is 0.750 bits per heavy atom. The highest BCUT2D eigenvalue weighted by molar-refractivity contribution is 7.07. The van der Waals surface area contributed by atoms with Crippen LogP contribution in [0.4, 0.5) is 0 Å². The van der Waals surface area contributed by atoms with Crippen LogP contribution >= 0.6 is 11.3 Å². The molecular formula is C14H10OS. The summed E-state index contributed by atoms with van der Waals surface area (Å²) in [6, 6.07) is 12.3. The van der Waals surface area contributed by atoms with Crippen molar-refractivity contribution in [3.63, 3.8) is 0 Å². The first-order valence-corrected chi connectivity index (χ1v) is 6.05. The molecular weight excluding hydrogens is 216 g/mol. The third kappa shape index (κ3) is 1.79. The first kappa shape index (κ1) is 9.43. The van der Waals surface area contributed by atoms with Gasteiger partial charge in [0.05, 0.1) is 0 Å². The number of rotatable bonds is 0. The second-order valence-corrected chi connectivity index (χ2v) is 4.38. The van der Waals surface area contributed by atoms with Gasteiger partial charge in [-0.2, -0.15) is 11.3 Å². The molecule has 0 unspecified atom stereocenters. The maximum absolute atomic E-state index is 5.77. The molecule has 2 aromatic rings. The van der Waals surface area contributed by atoms with E-state index < -0.39 is 0 Å². The Labute approximate surface area is 97.3 Å². The molecule has 2 bridgehead atoms. The van der Waals surface area contributed by atoms with Gasteiger partial charge in [0.15, 0.2) is 0 Å². The average Bonchev–Trinajstić information content (AvgIpc) is 2.45. The molecule has 78 valence electrons. The molecule has 0 fully saturated rings. The zero-order valence-electron chi connectivity index (χ0n) is 8.59. The molecule has 1 aromatic carbocycles. The molecule has 0 saturated heterocycles. The van der Waals surface area contributed by atoms with Gasteiger partial charge in [0.25, 0.3) is 0 Å². The van der Waals surface area contributed by atoms with Gasteiger partial charge >= 0.3 is 0 Å². The SMILES string of the molecule is C1=c2ccsccc(o2)=Cc2ccccc21. The summed E-state index contributed by atoms with van der Waals surface area (Å²) in [4.78, 5) is 0. The van der Waals surface area contributed by atoms with E-state index in [4.69, 9.17) is 4.42 Å². The summed E-state index contributed by atoms with van der Waals surface area (Å²) in [6.45, 7) is 0. The van der Waals surface area contributed by atoms with Crippen molar-refractivity contribution >= 4 is 23.5 Å². The van der Waals surface area contributed by atoms with Gasteiger partial charge in [0, 0.05) is 0 Å². The quantitative estimate of drug-likeness (QED) is 0.574. The maximum atomic E-state index is 5.77. The van der Waals surface area contributed by atoms with E-state index in [9.17, 15) is 0 Å². The summed E-state index contributed by atoms with van der Waals surface area (Å²) in [5.41, 5.74) is 4.15. The lowest BCUT2D eigenvalue weighted by molar-refractivity contribution is 0.488. The summed E-state index contributed by atoms with van der Waals surface area (Å²) in [7, 11) is 0. The molecule has 0 amide bonds. The van der Waals surface area contributed by atoms with Crippen molar-refractivity contribution in [1.82, 2.24) is 0 Å². The van der Waals surface area contributed by atoms with Crippen LogP contribution in [0.1, 0.15) is 11.1 Å². The van der Waals surface area contributed by atoms with Crippen LogP contribution in [0.25, 0.3) is 12.2 Å². The van der Waals surface area contributed by atoms with E-state index in [1.165, 1.54) is 11.1 Å². The van der Waals surface area contributed by atoms with E-state index in [0.29, 0.717) is 0 Å². The van der Waals surface area contributed by atoms with E-state index in [1.54, 1.807) is 11.3 Å². The van der Waals surface area contributed by atoms with E-state index in [1.807, 2.05) is 35.0 Å². The molecule has 0 spiro atoms. The second-order valence-electron chi connectivity index (χ2n) is 3.57. The van der Waals surface area contributed by atoms with Gasteiger partial charge in [-0.15, -0.1) is 0 Å². The highest BCUT2D eigenvalue weighted by Crippen LogP contribution is 2.11. The van der Waals surface area contributed by atoms with Crippen LogP contribution in [-0.4, -0.2) is 0 Å². The molecule has 0 saturated carbocycles. The third-order valence-corrected chi connectivity index (χ3v) is 3.04. The fraction of sp³-hybridized carbons (Fsp3) is 0. The van der Waals surface area contributed by atoms with Gasteiger partial charge in [0.2, 0.25) is 0 Å². The number of fused-ring (bicyclic) bond motifs is 3. The van der Waals surface area contributed by atoms with E-state index in [2.05, 4.69) is 24.3 Å². The van der Waals surface area contributed by atoms with Crippen molar-refractivity contribution in [3.05, 3.63) is 69.1 Å². The van der Waals surface area contributed by atoms with Crippen LogP contribution in [0.2, 0.25) is 0 Å². The Bertz CT molecular complexity index is 619. The van der Waals surface area contributed by atoms with Crippen molar-refractivity contribution < 1.29 is 4.42 Å². The zero-order chi connectivity index (χ0) is 10.8. The molecule has 1 aliphatic rings. The Hall–Kier alpha value is -1.80. The fourth-order valence-electron chi connectivity index (χ4n) is 1.70. The Balaban J connectivity index is 2.47. The van der Waals surface area contributed by atoms with Crippen LogP contribution in [0.3, 0.4) is 0 Å². The van der Waals surface area contributed by atoms with E-state index in [0.717, 1.165) is 10.8 Å². The lowest BCUT2D eigenvalue weighted by atomic mass is 10.1. The zero-order valence-corrected chi connectivity index (χ0v) is 9.41. The first-order chi connectivity index (χ1) is 7.92. The van der Waals surface area contributed by atoms with Gasteiger partial charge < -0.3 is 4.42 Å². The summed E-state index contributed by atoms with van der Waals surface area (Å²) in [6.07, 6.45) is 4.13. The number of benzene rings is 1. The minimum atomic E-state index is 0.882. The molecule has 2 heterocycles. The predicted octanol–water partition coefficient (Wildman–Crippen LogP) is 2.44. The minimum Gasteiger partial charge on any atom is -0.457 e. The van der Waals surface area contributed by atoms with Crippen molar-refractivity contribution in [2.24, 2.45) is 0 Å². The van der Waals surface area contributed by atoms with Gasteiger partial charge in [-0.1, -0.05) is 24.3 Å². The van der Waals surface area contributed by atoms with Crippen LogP contribution < -0.4 is 10.8 Å². The molecule has 0 aliphatic carbocycles. The topological polar surface area (TPSA) is 13.1 Å². The smallest absolute Gasteiger partial charge is 0.128 e. The monoisotopic (exact) mass is 226 g/mol. The summed E-state index contributed by atoms with van der Waals surface area (Å²) in [5.74, 6) is 0. The summed E-state index contributed by atoms with van der Waals surface area (Å²) in [5, 5.41) is 4.04. The van der Waals surface area contributed by atoms with Crippen molar-refractivity contribution in [2.75, 3.05) is 0 Å².